The van der Waals surface area contributed by atoms with E-state index in [2.05, 4.69) is 33.2 Å². The molecule has 0 heterocycles. The Balaban J connectivity index is 1.59. The molecule has 0 aliphatic carbocycles. The van der Waals surface area contributed by atoms with Gasteiger partial charge in [0.2, 0.25) is 5.91 Å². The van der Waals surface area contributed by atoms with Gasteiger partial charge in [-0.15, -0.1) is 11.8 Å². The fourth-order valence-corrected chi connectivity index (χ4v) is 3.82. The summed E-state index contributed by atoms with van der Waals surface area (Å²) < 4.78 is 1.07. The van der Waals surface area contributed by atoms with Gasteiger partial charge in [0, 0.05) is 19.8 Å². The van der Waals surface area contributed by atoms with Crippen LogP contribution in [0.5, 0.6) is 0 Å². The normalized spacial score (nSPS) is 10.3. The summed E-state index contributed by atoms with van der Waals surface area (Å²) in [5.74, 6) is -3.32. The number of anilines is 2. The molecule has 4 N–H and O–H groups in total. The highest BCUT2D eigenvalue weighted by atomic mass is 127. The van der Waals surface area contributed by atoms with Crippen LogP contribution in [0.1, 0.15) is 31.1 Å². The number of carboxylic acid groups (broad SMARTS) is 2. The summed E-state index contributed by atoms with van der Waals surface area (Å²) in [5.41, 5.74) is 0.357. The third-order valence-corrected chi connectivity index (χ3v) is 6.08. The van der Waals surface area contributed by atoms with Crippen LogP contribution >= 0.6 is 34.4 Å². The third kappa shape index (κ3) is 6.80. The zero-order valence-electron chi connectivity index (χ0n) is 16.9. The minimum absolute atomic E-state index is 0.149. The van der Waals surface area contributed by atoms with Crippen molar-refractivity contribution in [2.75, 3.05) is 16.4 Å². The molecule has 0 unspecified atom stereocenters. The summed E-state index contributed by atoms with van der Waals surface area (Å²) in [5, 5.41) is 23.8. The van der Waals surface area contributed by atoms with Crippen molar-refractivity contribution in [3.63, 3.8) is 0 Å². The molecule has 0 fully saturated rings. The molecule has 2 amide bonds. The SMILES string of the molecule is O=C(CSc1ccc(NC(=O)c2ccc(C(=O)O)cc2C(=O)O)cc1)Nc1ccc(I)cc1. The Morgan fingerprint density at radius 3 is 1.97 bits per heavy atom. The number of carboxylic acids is 2. The predicted octanol–water partition coefficient (Wildman–Crippen LogP) is 4.67. The maximum absolute atomic E-state index is 12.5. The first kappa shape index (κ1) is 24.3. The number of aromatic carboxylic acids is 2. The van der Waals surface area contributed by atoms with E-state index in [0.29, 0.717) is 5.69 Å². The van der Waals surface area contributed by atoms with Crippen LogP contribution in [0.3, 0.4) is 0 Å². The topological polar surface area (TPSA) is 133 Å². The molecule has 0 radical (unpaired) electrons. The van der Waals surface area contributed by atoms with E-state index in [4.69, 9.17) is 5.11 Å². The van der Waals surface area contributed by atoms with Crippen molar-refractivity contribution >= 4 is 69.5 Å². The fourth-order valence-electron chi connectivity index (χ4n) is 2.76. The number of hydrogen-bond donors (Lipinski definition) is 4. The third-order valence-electron chi connectivity index (χ3n) is 4.35. The summed E-state index contributed by atoms with van der Waals surface area (Å²) in [6.45, 7) is 0. The Morgan fingerprint density at radius 1 is 0.758 bits per heavy atom. The standard InChI is InChI=1S/C23H17IN2O6S/c24-14-2-4-15(5-3-14)25-20(27)12-33-17-8-6-16(7-9-17)26-21(28)18-10-1-13(22(29)30)11-19(18)23(31)32/h1-11H,12H2,(H,25,27)(H,26,28)(H,29,30)(H,31,32). The lowest BCUT2D eigenvalue weighted by molar-refractivity contribution is -0.113. The maximum Gasteiger partial charge on any atom is 0.336 e. The number of halogens is 1. The largest absolute Gasteiger partial charge is 0.478 e. The number of carbonyl (C=O) groups is 4. The number of thioether (sulfide) groups is 1. The van der Waals surface area contributed by atoms with Crippen LogP contribution < -0.4 is 10.6 Å². The molecule has 3 rings (SSSR count). The van der Waals surface area contributed by atoms with Gasteiger partial charge in [0.05, 0.1) is 22.4 Å². The smallest absolute Gasteiger partial charge is 0.336 e. The van der Waals surface area contributed by atoms with E-state index in [1.165, 1.54) is 23.9 Å². The van der Waals surface area contributed by atoms with Crippen molar-refractivity contribution in [3.8, 4) is 0 Å². The Hall–Kier alpha value is -3.38. The minimum Gasteiger partial charge on any atom is -0.478 e. The molecule has 168 valence electrons. The van der Waals surface area contributed by atoms with Gasteiger partial charge in [-0.25, -0.2) is 9.59 Å². The van der Waals surface area contributed by atoms with Crippen molar-refractivity contribution in [1.82, 2.24) is 0 Å². The molecule has 0 aromatic heterocycles. The highest BCUT2D eigenvalue weighted by Crippen LogP contribution is 2.22. The van der Waals surface area contributed by atoms with Gasteiger partial charge in [0.25, 0.3) is 5.91 Å². The molecule has 10 heteroatoms. The van der Waals surface area contributed by atoms with E-state index in [1.807, 2.05) is 24.3 Å². The van der Waals surface area contributed by atoms with E-state index < -0.39 is 23.4 Å². The van der Waals surface area contributed by atoms with Gasteiger partial charge in [-0.1, -0.05) is 0 Å². The molecule has 0 atom stereocenters. The molecule has 0 saturated heterocycles. The monoisotopic (exact) mass is 576 g/mol. The summed E-state index contributed by atoms with van der Waals surface area (Å²) >= 11 is 3.51. The molecule has 0 saturated carbocycles. The van der Waals surface area contributed by atoms with Crippen LogP contribution in [-0.4, -0.2) is 39.7 Å². The first-order valence-electron chi connectivity index (χ1n) is 9.43. The lowest BCUT2D eigenvalue weighted by Crippen LogP contribution is -2.17. The average Bonchev–Trinajstić information content (AvgIpc) is 2.79. The van der Waals surface area contributed by atoms with Gasteiger partial charge in [-0.3, -0.25) is 9.59 Å². The van der Waals surface area contributed by atoms with Crippen LogP contribution in [0, 0.1) is 3.57 Å². The number of hydrogen-bond acceptors (Lipinski definition) is 5. The lowest BCUT2D eigenvalue weighted by atomic mass is 10.0. The molecular weight excluding hydrogens is 559 g/mol. The minimum atomic E-state index is -1.40. The lowest BCUT2D eigenvalue weighted by Gasteiger charge is -2.10. The Labute approximate surface area is 206 Å². The molecule has 3 aromatic carbocycles. The number of carbonyl (C=O) groups excluding carboxylic acids is 2. The second-order valence-electron chi connectivity index (χ2n) is 6.69. The molecule has 0 bridgehead atoms. The van der Waals surface area contributed by atoms with E-state index in [1.54, 1.807) is 24.3 Å². The van der Waals surface area contributed by atoms with Gasteiger partial charge in [0.15, 0.2) is 0 Å². The van der Waals surface area contributed by atoms with E-state index >= 15 is 0 Å². The number of amides is 2. The number of benzene rings is 3. The van der Waals surface area contributed by atoms with Crippen LogP contribution in [0.25, 0.3) is 0 Å². The van der Waals surface area contributed by atoms with Gasteiger partial charge in [-0.2, -0.15) is 0 Å². The molecule has 33 heavy (non-hydrogen) atoms. The molecule has 8 nitrogen and oxygen atoms in total. The summed E-state index contributed by atoms with van der Waals surface area (Å²) in [6, 6.07) is 17.4. The number of nitrogens with one attached hydrogen (secondary N) is 2. The van der Waals surface area contributed by atoms with Crippen molar-refractivity contribution in [1.29, 1.82) is 0 Å². The average molecular weight is 576 g/mol. The molecule has 3 aromatic rings. The quantitative estimate of drug-likeness (QED) is 0.226. The Morgan fingerprint density at radius 2 is 1.36 bits per heavy atom. The van der Waals surface area contributed by atoms with Gasteiger partial charge >= 0.3 is 11.9 Å². The zero-order valence-corrected chi connectivity index (χ0v) is 19.8. The van der Waals surface area contributed by atoms with Crippen LogP contribution in [0.15, 0.2) is 71.6 Å². The van der Waals surface area contributed by atoms with Crippen molar-refractivity contribution in [3.05, 3.63) is 87.0 Å². The summed E-state index contributed by atoms with van der Waals surface area (Å²) in [7, 11) is 0. The van der Waals surface area contributed by atoms with Crippen LogP contribution in [0.4, 0.5) is 11.4 Å². The van der Waals surface area contributed by atoms with E-state index in [9.17, 15) is 24.3 Å². The maximum atomic E-state index is 12.5. The second kappa shape index (κ2) is 11.0. The van der Waals surface area contributed by atoms with Crippen molar-refractivity contribution in [2.24, 2.45) is 0 Å². The summed E-state index contributed by atoms with van der Waals surface area (Å²) in [4.78, 5) is 48.0. The first-order chi connectivity index (χ1) is 15.7. The van der Waals surface area contributed by atoms with Gasteiger partial charge < -0.3 is 20.8 Å². The van der Waals surface area contributed by atoms with Crippen LogP contribution in [-0.2, 0) is 4.79 Å². The second-order valence-corrected chi connectivity index (χ2v) is 8.99. The fraction of sp³-hybridized carbons (Fsp3) is 0.0435. The molecule has 0 aliphatic heterocycles. The molecule has 0 spiro atoms. The molecule has 0 aliphatic rings. The zero-order chi connectivity index (χ0) is 24.0. The molecular formula is C23H17IN2O6S. The van der Waals surface area contributed by atoms with Crippen molar-refractivity contribution < 1.29 is 29.4 Å². The Kier molecular flexibility index (Phi) is 8.06. The predicted molar refractivity (Wildman–Crippen MR) is 133 cm³/mol. The summed E-state index contributed by atoms with van der Waals surface area (Å²) in [6.07, 6.45) is 0. The number of rotatable bonds is 8. The van der Waals surface area contributed by atoms with E-state index in [0.717, 1.165) is 20.2 Å². The highest BCUT2D eigenvalue weighted by molar-refractivity contribution is 14.1. The van der Waals surface area contributed by atoms with E-state index in [-0.39, 0.29) is 22.8 Å². The van der Waals surface area contributed by atoms with Gasteiger partial charge in [-0.05, 0) is 89.3 Å². The van der Waals surface area contributed by atoms with Crippen LogP contribution in [0.2, 0.25) is 0 Å². The van der Waals surface area contributed by atoms with Gasteiger partial charge in [0.1, 0.15) is 0 Å². The Bertz CT molecular complexity index is 1210. The first-order valence-corrected chi connectivity index (χ1v) is 11.5. The highest BCUT2D eigenvalue weighted by Gasteiger charge is 2.19. The van der Waals surface area contributed by atoms with Crippen molar-refractivity contribution in [2.45, 2.75) is 4.90 Å².